The second kappa shape index (κ2) is 6.15. The lowest BCUT2D eigenvalue weighted by Crippen LogP contribution is -1.92. The van der Waals surface area contributed by atoms with Crippen LogP contribution in [0, 0.1) is 0 Å². The van der Waals surface area contributed by atoms with Crippen LogP contribution in [0.3, 0.4) is 0 Å². The summed E-state index contributed by atoms with van der Waals surface area (Å²) in [5.74, 6) is 1.80. The first kappa shape index (κ1) is 13.9. The van der Waals surface area contributed by atoms with Crippen molar-refractivity contribution in [2.45, 2.75) is 19.2 Å². The van der Waals surface area contributed by atoms with Gasteiger partial charge in [-0.3, -0.25) is 0 Å². The number of pyridine rings is 1. The highest BCUT2D eigenvalue weighted by molar-refractivity contribution is 6.18. The summed E-state index contributed by atoms with van der Waals surface area (Å²) in [7, 11) is 0. The van der Waals surface area contributed by atoms with Crippen LogP contribution in [0.25, 0.3) is 10.9 Å². The number of nitrogens with zero attached hydrogens (tertiary/aromatic N) is 1. The normalized spacial score (nSPS) is 10.8. The summed E-state index contributed by atoms with van der Waals surface area (Å²) in [6, 6.07) is 17.9. The second-order valence-electron chi connectivity index (χ2n) is 4.87. The molecule has 0 N–H and O–H groups in total. The summed E-state index contributed by atoms with van der Waals surface area (Å²) < 4.78 is 5.86. The van der Waals surface area contributed by atoms with Crippen LogP contribution < -0.4 is 4.74 Å². The molecule has 0 fully saturated rings. The average molecular weight is 298 g/mol. The molecule has 106 valence electrons. The number of ether oxygens (including phenoxy) is 1. The van der Waals surface area contributed by atoms with E-state index < -0.39 is 0 Å². The maximum absolute atomic E-state index is 6.04. The van der Waals surface area contributed by atoms with E-state index in [0.29, 0.717) is 11.8 Å². The first-order valence-corrected chi connectivity index (χ1v) is 7.55. The lowest BCUT2D eigenvalue weighted by Gasteiger charge is -2.09. The Morgan fingerprint density at radius 2 is 1.81 bits per heavy atom. The molecule has 3 heteroatoms. The van der Waals surface area contributed by atoms with Crippen LogP contribution in [0.15, 0.2) is 54.6 Å². The summed E-state index contributed by atoms with van der Waals surface area (Å²) in [6.45, 7) is 2.13. The van der Waals surface area contributed by atoms with Gasteiger partial charge in [0.25, 0.3) is 0 Å². The fourth-order valence-electron chi connectivity index (χ4n) is 2.30. The maximum Gasteiger partial charge on any atom is 0.220 e. The first-order chi connectivity index (χ1) is 10.3. The van der Waals surface area contributed by atoms with E-state index in [9.17, 15) is 0 Å². The number of halogens is 1. The van der Waals surface area contributed by atoms with Crippen molar-refractivity contribution in [1.29, 1.82) is 0 Å². The summed E-state index contributed by atoms with van der Waals surface area (Å²) in [6.07, 6.45) is 1.02. The molecule has 2 aromatic carbocycles. The van der Waals surface area contributed by atoms with Gasteiger partial charge in [0.1, 0.15) is 5.75 Å². The Balaban J connectivity index is 1.96. The van der Waals surface area contributed by atoms with Crippen molar-refractivity contribution >= 4 is 22.5 Å². The standard InChI is InChI=1S/C18H16ClNO/c1-2-13-7-9-15(10-8-13)21-18-11-14(12-19)16-5-3-4-6-17(16)20-18/h3-11H,2,12H2,1H3. The highest BCUT2D eigenvalue weighted by atomic mass is 35.5. The summed E-state index contributed by atoms with van der Waals surface area (Å²) in [5.41, 5.74) is 3.22. The molecule has 0 aliphatic carbocycles. The minimum Gasteiger partial charge on any atom is -0.439 e. The van der Waals surface area contributed by atoms with E-state index in [1.165, 1.54) is 5.56 Å². The number of fused-ring (bicyclic) bond motifs is 1. The molecular formula is C18H16ClNO. The molecule has 0 aliphatic heterocycles. The predicted molar refractivity (Wildman–Crippen MR) is 87.2 cm³/mol. The number of alkyl halides is 1. The number of aryl methyl sites for hydroxylation is 1. The maximum atomic E-state index is 6.04. The van der Waals surface area contributed by atoms with E-state index in [1.54, 1.807) is 0 Å². The van der Waals surface area contributed by atoms with Gasteiger partial charge in [0, 0.05) is 17.3 Å². The van der Waals surface area contributed by atoms with Gasteiger partial charge in [-0.05, 0) is 35.7 Å². The monoisotopic (exact) mass is 297 g/mol. The summed E-state index contributed by atoms with van der Waals surface area (Å²) in [4.78, 5) is 4.54. The molecule has 0 saturated carbocycles. The zero-order valence-electron chi connectivity index (χ0n) is 11.8. The Bertz CT molecular complexity index is 753. The number of rotatable bonds is 4. The van der Waals surface area contributed by atoms with Crippen LogP contribution in [-0.4, -0.2) is 4.98 Å². The molecule has 3 rings (SSSR count). The minimum absolute atomic E-state index is 0.439. The van der Waals surface area contributed by atoms with E-state index in [-0.39, 0.29) is 0 Å². The summed E-state index contributed by atoms with van der Waals surface area (Å²) >= 11 is 6.04. The zero-order chi connectivity index (χ0) is 14.7. The average Bonchev–Trinajstić information content (AvgIpc) is 2.55. The Labute approximate surface area is 129 Å². The van der Waals surface area contributed by atoms with Crippen molar-refractivity contribution in [3.05, 3.63) is 65.7 Å². The van der Waals surface area contributed by atoms with Gasteiger partial charge in [-0.25, -0.2) is 4.98 Å². The highest BCUT2D eigenvalue weighted by Gasteiger charge is 2.06. The SMILES string of the molecule is CCc1ccc(Oc2cc(CCl)c3ccccc3n2)cc1. The van der Waals surface area contributed by atoms with Crippen LogP contribution in [0.5, 0.6) is 11.6 Å². The van der Waals surface area contributed by atoms with E-state index in [0.717, 1.165) is 28.6 Å². The van der Waals surface area contributed by atoms with Gasteiger partial charge in [-0.1, -0.05) is 37.3 Å². The molecule has 0 aliphatic rings. The first-order valence-electron chi connectivity index (χ1n) is 7.01. The topological polar surface area (TPSA) is 22.1 Å². The molecule has 2 nitrogen and oxygen atoms in total. The molecule has 21 heavy (non-hydrogen) atoms. The summed E-state index contributed by atoms with van der Waals surface area (Å²) in [5, 5.41) is 1.07. The fraction of sp³-hybridized carbons (Fsp3) is 0.167. The molecule has 0 radical (unpaired) electrons. The van der Waals surface area contributed by atoms with Gasteiger partial charge in [-0.15, -0.1) is 11.6 Å². The van der Waals surface area contributed by atoms with Crippen LogP contribution in [0.4, 0.5) is 0 Å². The van der Waals surface area contributed by atoms with Crippen LogP contribution in [0.2, 0.25) is 0 Å². The second-order valence-corrected chi connectivity index (χ2v) is 5.14. The quantitative estimate of drug-likeness (QED) is 0.607. The fourth-order valence-corrected chi connectivity index (χ4v) is 2.52. The molecule has 0 saturated heterocycles. The van der Waals surface area contributed by atoms with Crippen molar-refractivity contribution in [2.24, 2.45) is 0 Å². The van der Waals surface area contributed by atoms with E-state index in [2.05, 4.69) is 24.0 Å². The molecule has 0 bridgehead atoms. The van der Waals surface area contributed by atoms with Gasteiger partial charge in [0.15, 0.2) is 0 Å². The van der Waals surface area contributed by atoms with Crippen LogP contribution >= 0.6 is 11.6 Å². The van der Waals surface area contributed by atoms with E-state index in [1.807, 2.05) is 42.5 Å². The van der Waals surface area contributed by atoms with Crippen LogP contribution in [0.1, 0.15) is 18.1 Å². The van der Waals surface area contributed by atoms with Crippen molar-refractivity contribution in [1.82, 2.24) is 4.98 Å². The Kier molecular flexibility index (Phi) is 4.07. The van der Waals surface area contributed by atoms with Gasteiger partial charge in [0.05, 0.1) is 5.52 Å². The molecular weight excluding hydrogens is 282 g/mol. The molecule has 0 spiro atoms. The van der Waals surface area contributed by atoms with Crippen molar-refractivity contribution < 1.29 is 4.74 Å². The lowest BCUT2D eigenvalue weighted by molar-refractivity contribution is 0.464. The third kappa shape index (κ3) is 3.01. The Morgan fingerprint density at radius 1 is 1.05 bits per heavy atom. The van der Waals surface area contributed by atoms with Crippen LogP contribution in [-0.2, 0) is 12.3 Å². The predicted octanol–water partition coefficient (Wildman–Crippen LogP) is 5.33. The molecule has 0 atom stereocenters. The molecule has 1 aromatic heterocycles. The van der Waals surface area contributed by atoms with Crippen molar-refractivity contribution in [3.8, 4) is 11.6 Å². The van der Waals surface area contributed by atoms with Gasteiger partial charge in [-0.2, -0.15) is 0 Å². The van der Waals surface area contributed by atoms with Crippen molar-refractivity contribution in [2.75, 3.05) is 0 Å². The van der Waals surface area contributed by atoms with Gasteiger partial charge in [0.2, 0.25) is 5.88 Å². The zero-order valence-corrected chi connectivity index (χ0v) is 12.6. The molecule has 1 heterocycles. The molecule has 0 unspecified atom stereocenters. The third-order valence-electron chi connectivity index (χ3n) is 3.48. The highest BCUT2D eigenvalue weighted by Crippen LogP contribution is 2.27. The van der Waals surface area contributed by atoms with E-state index in [4.69, 9.17) is 16.3 Å². The van der Waals surface area contributed by atoms with E-state index >= 15 is 0 Å². The number of para-hydroxylation sites is 1. The number of benzene rings is 2. The Hall–Kier alpha value is -2.06. The number of hydrogen-bond donors (Lipinski definition) is 0. The Morgan fingerprint density at radius 3 is 2.52 bits per heavy atom. The minimum atomic E-state index is 0.439. The van der Waals surface area contributed by atoms with Crippen molar-refractivity contribution in [3.63, 3.8) is 0 Å². The lowest BCUT2D eigenvalue weighted by atomic mass is 10.1. The molecule has 3 aromatic rings. The number of aromatic nitrogens is 1. The van der Waals surface area contributed by atoms with Gasteiger partial charge >= 0.3 is 0 Å². The third-order valence-corrected chi connectivity index (χ3v) is 3.76. The smallest absolute Gasteiger partial charge is 0.220 e. The van der Waals surface area contributed by atoms with Gasteiger partial charge < -0.3 is 4.74 Å². The largest absolute Gasteiger partial charge is 0.439 e. The number of hydrogen-bond acceptors (Lipinski definition) is 2. The molecule has 0 amide bonds.